The van der Waals surface area contributed by atoms with Crippen LogP contribution in [0.4, 0.5) is 0 Å². The zero-order valence-corrected chi connectivity index (χ0v) is 16.8. The molecular weight excluding hydrogens is 356 g/mol. The van der Waals surface area contributed by atoms with E-state index in [9.17, 15) is 4.79 Å². The van der Waals surface area contributed by atoms with E-state index in [0.29, 0.717) is 17.1 Å². The number of likely N-dealkylation sites (tertiary alicyclic amines) is 1. The summed E-state index contributed by atoms with van der Waals surface area (Å²) in [5, 5.41) is 3.27. The van der Waals surface area contributed by atoms with Gasteiger partial charge in [0.25, 0.3) is 5.56 Å². The van der Waals surface area contributed by atoms with Crippen LogP contribution in [0.3, 0.4) is 0 Å². The first-order valence-corrected chi connectivity index (χ1v) is 9.53. The number of ether oxygens (including phenoxy) is 2. The van der Waals surface area contributed by atoms with E-state index in [-0.39, 0.29) is 5.56 Å². The van der Waals surface area contributed by atoms with E-state index in [2.05, 4.69) is 15.0 Å². The van der Waals surface area contributed by atoms with E-state index < -0.39 is 0 Å². The second kappa shape index (κ2) is 7.31. The van der Waals surface area contributed by atoms with E-state index in [1.807, 2.05) is 38.1 Å². The molecule has 4 rings (SSSR count). The second-order valence-corrected chi connectivity index (χ2v) is 7.39. The SMILES string of the molecule is COc1cccc(OC)c1CN1CCC(c2cc3nc(C)c(C)c(=O)n3[nH]2)C1. The van der Waals surface area contributed by atoms with E-state index >= 15 is 0 Å². The molecule has 1 aliphatic rings. The molecule has 1 aliphatic heterocycles. The molecule has 3 aromatic rings. The van der Waals surface area contributed by atoms with Crippen LogP contribution in [0.15, 0.2) is 29.1 Å². The van der Waals surface area contributed by atoms with Crippen molar-refractivity contribution in [2.45, 2.75) is 32.7 Å². The summed E-state index contributed by atoms with van der Waals surface area (Å²) >= 11 is 0. The summed E-state index contributed by atoms with van der Waals surface area (Å²) in [5.74, 6) is 2.02. The zero-order chi connectivity index (χ0) is 19.8. The smallest absolute Gasteiger partial charge is 0.275 e. The summed E-state index contributed by atoms with van der Waals surface area (Å²) in [5.41, 5.74) is 4.25. The van der Waals surface area contributed by atoms with Crippen LogP contribution in [0.25, 0.3) is 5.65 Å². The lowest BCUT2D eigenvalue weighted by Gasteiger charge is -2.19. The first-order valence-electron chi connectivity index (χ1n) is 9.53. The average molecular weight is 382 g/mol. The van der Waals surface area contributed by atoms with Crippen LogP contribution in [0, 0.1) is 13.8 Å². The number of benzene rings is 1. The van der Waals surface area contributed by atoms with Crippen molar-refractivity contribution in [3.63, 3.8) is 0 Å². The Morgan fingerprint density at radius 3 is 2.61 bits per heavy atom. The highest BCUT2D eigenvalue weighted by Gasteiger charge is 2.27. The largest absolute Gasteiger partial charge is 0.496 e. The van der Waals surface area contributed by atoms with Gasteiger partial charge in [-0.2, -0.15) is 0 Å². The number of aromatic amines is 1. The van der Waals surface area contributed by atoms with Gasteiger partial charge in [0.1, 0.15) is 11.5 Å². The number of nitrogens with zero attached hydrogens (tertiary/aromatic N) is 3. The number of fused-ring (bicyclic) bond motifs is 1. The van der Waals surface area contributed by atoms with E-state index in [1.54, 1.807) is 18.7 Å². The number of methoxy groups -OCH3 is 2. The summed E-state index contributed by atoms with van der Waals surface area (Å²) in [4.78, 5) is 19.4. The number of nitrogens with one attached hydrogen (secondary N) is 1. The molecule has 28 heavy (non-hydrogen) atoms. The summed E-state index contributed by atoms with van der Waals surface area (Å²) in [6.07, 6.45) is 1.02. The minimum Gasteiger partial charge on any atom is -0.496 e. The average Bonchev–Trinajstić information content (AvgIpc) is 3.33. The van der Waals surface area contributed by atoms with Crippen LogP contribution in [0.1, 0.15) is 34.9 Å². The molecule has 1 fully saturated rings. The van der Waals surface area contributed by atoms with Gasteiger partial charge in [-0.15, -0.1) is 0 Å². The summed E-state index contributed by atoms with van der Waals surface area (Å²) in [6.45, 7) is 6.33. The number of H-pyrrole nitrogens is 1. The monoisotopic (exact) mass is 382 g/mol. The van der Waals surface area contributed by atoms with Crippen molar-refractivity contribution in [2.75, 3.05) is 27.3 Å². The van der Waals surface area contributed by atoms with Gasteiger partial charge in [-0.3, -0.25) is 14.8 Å². The Balaban J connectivity index is 1.56. The topological polar surface area (TPSA) is 71.9 Å². The molecular formula is C21H26N4O3. The van der Waals surface area contributed by atoms with Crippen LogP contribution in [0.2, 0.25) is 0 Å². The predicted octanol–water partition coefficient (Wildman–Crippen LogP) is 2.65. The van der Waals surface area contributed by atoms with Gasteiger partial charge in [0, 0.05) is 42.0 Å². The molecule has 0 bridgehead atoms. The molecule has 1 aromatic carbocycles. The number of hydrogen-bond acceptors (Lipinski definition) is 5. The lowest BCUT2D eigenvalue weighted by atomic mass is 10.1. The highest BCUT2D eigenvalue weighted by atomic mass is 16.5. The lowest BCUT2D eigenvalue weighted by Crippen LogP contribution is -2.21. The van der Waals surface area contributed by atoms with Crippen molar-refractivity contribution < 1.29 is 9.47 Å². The first-order chi connectivity index (χ1) is 13.5. The van der Waals surface area contributed by atoms with Gasteiger partial charge < -0.3 is 9.47 Å². The fraction of sp³-hybridized carbons (Fsp3) is 0.429. The fourth-order valence-electron chi connectivity index (χ4n) is 3.98. The lowest BCUT2D eigenvalue weighted by molar-refractivity contribution is 0.305. The summed E-state index contributed by atoms with van der Waals surface area (Å²) < 4.78 is 12.6. The van der Waals surface area contributed by atoms with Gasteiger partial charge in [-0.25, -0.2) is 9.50 Å². The zero-order valence-electron chi connectivity index (χ0n) is 16.8. The number of aryl methyl sites for hydroxylation is 1. The predicted molar refractivity (Wildman–Crippen MR) is 107 cm³/mol. The molecule has 0 aliphatic carbocycles. The molecule has 2 aromatic heterocycles. The third kappa shape index (κ3) is 3.16. The van der Waals surface area contributed by atoms with Crippen molar-refractivity contribution in [3.05, 3.63) is 57.1 Å². The van der Waals surface area contributed by atoms with Gasteiger partial charge in [0.05, 0.1) is 19.8 Å². The molecule has 3 heterocycles. The Bertz CT molecular complexity index is 1050. The number of aromatic nitrogens is 3. The number of hydrogen-bond donors (Lipinski definition) is 1. The molecule has 7 nitrogen and oxygen atoms in total. The molecule has 0 radical (unpaired) electrons. The molecule has 0 saturated carbocycles. The van der Waals surface area contributed by atoms with Crippen LogP contribution in [-0.4, -0.2) is 46.8 Å². The van der Waals surface area contributed by atoms with Crippen molar-refractivity contribution >= 4 is 5.65 Å². The quantitative estimate of drug-likeness (QED) is 0.735. The Kier molecular flexibility index (Phi) is 4.85. The van der Waals surface area contributed by atoms with Gasteiger partial charge in [0.2, 0.25) is 0 Å². The minimum absolute atomic E-state index is 0.0256. The van der Waals surface area contributed by atoms with Gasteiger partial charge in [-0.1, -0.05) is 6.07 Å². The standard InChI is InChI=1S/C21H26N4O3/c1-13-14(2)22-20-10-17(23-25(20)21(13)26)15-8-9-24(11-15)12-16-18(27-3)6-5-7-19(16)28-4/h5-7,10,15,23H,8-9,11-12H2,1-4H3. The molecule has 148 valence electrons. The van der Waals surface area contributed by atoms with Gasteiger partial charge >= 0.3 is 0 Å². The van der Waals surface area contributed by atoms with Crippen LogP contribution in [0.5, 0.6) is 11.5 Å². The highest BCUT2D eigenvalue weighted by molar-refractivity contribution is 5.45. The first kappa shape index (κ1) is 18.6. The van der Waals surface area contributed by atoms with Crippen molar-refractivity contribution in [3.8, 4) is 11.5 Å². The summed E-state index contributed by atoms with van der Waals surface area (Å²) in [7, 11) is 3.37. The fourth-order valence-corrected chi connectivity index (χ4v) is 3.98. The molecule has 1 atom stereocenters. The van der Waals surface area contributed by atoms with E-state index in [4.69, 9.17) is 9.47 Å². The highest BCUT2D eigenvalue weighted by Crippen LogP contribution is 2.33. The molecule has 7 heteroatoms. The van der Waals surface area contributed by atoms with Crippen LogP contribution >= 0.6 is 0 Å². The number of rotatable bonds is 5. The minimum atomic E-state index is -0.0256. The molecule has 1 unspecified atom stereocenters. The normalized spacial score (nSPS) is 17.4. The molecule has 0 amide bonds. The van der Waals surface area contributed by atoms with E-state index in [1.165, 1.54) is 0 Å². The van der Waals surface area contributed by atoms with Crippen molar-refractivity contribution in [1.29, 1.82) is 0 Å². The van der Waals surface area contributed by atoms with Crippen LogP contribution in [-0.2, 0) is 6.54 Å². The third-order valence-corrected chi connectivity index (χ3v) is 5.73. The maximum Gasteiger partial charge on any atom is 0.275 e. The Hall–Kier alpha value is -2.80. The van der Waals surface area contributed by atoms with Crippen molar-refractivity contribution in [1.82, 2.24) is 19.5 Å². The van der Waals surface area contributed by atoms with E-state index in [0.717, 1.165) is 54.5 Å². The Labute approximate surface area is 163 Å². The maximum atomic E-state index is 12.5. The van der Waals surface area contributed by atoms with Crippen molar-refractivity contribution in [2.24, 2.45) is 0 Å². The molecule has 0 spiro atoms. The Morgan fingerprint density at radius 1 is 1.21 bits per heavy atom. The third-order valence-electron chi connectivity index (χ3n) is 5.73. The maximum absolute atomic E-state index is 12.5. The van der Waals surface area contributed by atoms with Gasteiger partial charge in [0.15, 0.2) is 5.65 Å². The van der Waals surface area contributed by atoms with Crippen LogP contribution < -0.4 is 15.0 Å². The Morgan fingerprint density at radius 2 is 1.93 bits per heavy atom. The molecule has 1 saturated heterocycles. The second-order valence-electron chi connectivity index (χ2n) is 7.39. The summed E-state index contributed by atoms with van der Waals surface area (Å²) in [6, 6.07) is 7.87. The molecule has 1 N–H and O–H groups in total. The van der Waals surface area contributed by atoms with Gasteiger partial charge in [-0.05, 0) is 38.9 Å².